The molecule has 0 N–H and O–H groups in total. The van der Waals surface area contributed by atoms with E-state index in [0.29, 0.717) is 24.1 Å². The lowest BCUT2D eigenvalue weighted by Gasteiger charge is -2.28. The van der Waals surface area contributed by atoms with E-state index < -0.39 is 23.4 Å². The van der Waals surface area contributed by atoms with Crippen molar-refractivity contribution < 1.29 is 19.1 Å². The fraction of sp³-hybridized carbons (Fsp3) is 0.600. The molecule has 0 aliphatic rings. The molecule has 0 fully saturated rings. The van der Waals surface area contributed by atoms with E-state index >= 15 is 0 Å². The van der Waals surface area contributed by atoms with Crippen molar-refractivity contribution >= 4 is 17.8 Å². The van der Waals surface area contributed by atoms with Crippen LogP contribution in [0.2, 0.25) is 0 Å². The minimum Gasteiger partial charge on any atom is -0.443 e. The molecule has 0 spiro atoms. The summed E-state index contributed by atoms with van der Waals surface area (Å²) in [5, 5.41) is 9.30. The van der Waals surface area contributed by atoms with Crippen LogP contribution in [0.4, 0.5) is 9.59 Å². The Morgan fingerprint density at radius 2 is 1.71 bits per heavy atom. The molecule has 154 valence electrons. The van der Waals surface area contributed by atoms with E-state index in [2.05, 4.69) is 11.1 Å². The van der Waals surface area contributed by atoms with E-state index in [4.69, 9.17) is 9.47 Å². The molecule has 1 aromatic heterocycles. The van der Waals surface area contributed by atoms with Crippen molar-refractivity contribution in [3.05, 3.63) is 24.3 Å². The molecule has 0 aromatic carbocycles. The number of unbranched alkanes of at least 4 members (excludes halogenated alkanes) is 1. The number of hydrogen-bond donors (Lipinski definition) is 0. The lowest BCUT2D eigenvalue weighted by atomic mass is 10.1. The van der Waals surface area contributed by atoms with Gasteiger partial charge in [-0.1, -0.05) is 6.08 Å². The third-order valence-corrected chi connectivity index (χ3v) is 3.26. The van der Waals surface area contributed by atoms with Crippen LogP contribution in [0.25, 0.3) is 5.57 Å². The van der Waals surface area contributed by atoms with Gasteiger partial charge in [-0.3, -0.25) is 0 Å². The third-order valence-electron chi connectivity index (χ3n) is 3.26. The van der Waals surface area contributed by atoms with Crippen molar-refractivity contribution in [2.24, 2.45) is 7.05 Å². The molecule has 0 saturated carbocycles. The smallest absolute Gasteiger partial charge is 0.419 e. The van der Waals surface area contributed by atoms with E-state index in [-0.39, 0.29) is 6.54 Å². The molecule has 2 amide bonds. The fourth-order valence-electron chi connectivity index (χ4n) is 2.15. The number of aromatic nitrogens is 2. The fourth-order valence-corrected chi connectivity index (χ4v) is 2.15. The Balaban J connectivity index is 2.80. The number of imidazole rings is 1. The van der Waals surface area contributed by atoms with E-state index in [0.717, 1.165) is 4.90 Å². The van der Waals surface area contributed by atoms with Gasteiger partial charge in [0.2, 0.25) is 0 Å². The summed E-state index contributed by atoms with van der Waals surface area (Å²) in [6.07, 6.45) is 4.55. The Bertz CT molecular complexity index is 732. The van der Waals surface area contributed by atoms with Gasteiger partial charge in [0.15, 0.2) is 0 Å². The maximum atomic E-state index is 12.4. The summed E-state index contributed by atoms with van der Waals surface area (Å²) in [6, 6.07) is 2.12. The Morgan fingerprint density at radius 1 is 1.18 bits per heavy atom. The second-order valence-electron chi connectivity index (χ2n) is 8.41. The van der Waals surface area contributed by atoms with Crippen molar-refractivity contribution in [1.82, 2.24) is 14.5 Å². The van der Waals surface area contributed by atoms with Crippen LogP contribution in [0.15, 0.2) is 18.6 Å². The standard InChI is InChI=1S/C20H30N4O4/c1-19(2,3)27-17(25)24(18(26)28-20(4,5)6)11-9-8-10-15(12-21)16-13-23(7)14-22-16/h10,13-14H,8-9,11H2,1-7H3/b15-10+. The molecule has 0 unspecified atom stereocenters. The molecular formula is C20H30N4O4. The summed E-state index contributed by atoms with van der Waals surface area (Å²) in [6.45, 7) is 10.5. The van der Waals surface area contributed by atoms with Gasteiger partial charge < -0.3 is 14.0 Å². The molecule has 28 heavy (non-hydrogen) atoms. The highest BCUT2D eigenvalue weighted by atomic mass is 16.6. The topological polar surface area (TPSA) is 97.5 Å². The van der Waals surface area contributed by atoms with Crippen LogP contribution < -0.4 is 0 Å². The maximum absolute atomic E-state index is 12.4. The van der Waals surface area contributed by atoms with Gasteiger partial charge in [0, 0.05) is 19.8 Å². The number of aryl methyl sites for hydroxylation is 1. The van der Waals surface area contributed by atoms with Crippen LogP contribution in [0.1, 0.15) is 60.1 Å². The SMILES string of the molecule is Cn1cnc(/C(C#N)=C/CCCN(C(=O)OC(C)(C)C)C(=O)OC(C)(C)C)c1. The van der Waals surface area contributed by atoms with E-state index in [1.54, 1.807) is 64.7 Å². The molecule has 8 heteroatoms. The summed E-state index contributed by atoms with van der Waals surface area (Å²) in [7, 11) is 1.82. The summed E-state index contributed by atoms with van der Waals surface area (Å²) >= 11 is 0. The highest BCUT2D eigenvalue weighted by Crippen LogP contribution is 2.16. The summed E-state index contributed by atoms with van der Waals surface area (Å²) in [5.74, 6) is 0. The third kappa shape index (κ3) is 8.25. The highest BCUT2D eigenvalue weighted by molar-refractivity contribution is 5.88. The number of carbonyl (C=O) groups is 2. The number of hydrogen-bond acceptors (Lipinski definition) is 6. The second-order valence-corrected chi connectivity index (χ2v) is 8.41. The van der Waals surface area contributed by atoms with Gasteiger partial charge >= 0.3 is 12.2 Å². The number of carbonyl (C=O) groups excluding carboxylic acids is 2. The first-order chi connectivity index (χ1) is 12.8. The molecule has 0 saturated heterocycles. The first-order valence-corrected chi connectivity index (χ1v) is 9.14. The van der Waals surface area contributed by atoms with Crippen LogP contribution in [0.3, 0.4) is 0 Å². The van der Waals surface area contributed by atoms with Crippen LogP contribution in [-0.4, -0.2) is 44.4 Å². The minimum absolute atomic E-state index is 0.112. The minimum atomic E-state index is -0.754. The quantitative estimate of drug-likeness (QED) is 0.550. The van der Waals surface area contributed by atoms with Gasteiger partial charge in [-0.05, 0) is 54.4 Å². The molecule has 0 bridgehead atoms. The predicted octanol–water partition coefficient (Wildman–Crippen LogP) is 4.28. The van der Waals surface area contributed by atoms with Gasteiger partial charge in [0.05, 0.1) is 17.6 Å². The molecular weight excluding hydrogens is 360 g/mol. The van der Waals surface area contributed by atoms with Gasteiger partial charge in [0.1, 0.15) is 17.3 Å². The molecule has 8 nitrogen and oxygen atoms in total. The molecule has 1 heterocycles. The molecule has 0 aliphatic heterocycles. The van der Waals surface area contributed by atoms with Crippen molar-refractivity contribution in [2.45, 2.75) is 65.6 Å². The zero-order valence-electron chi connectivity index (χ0n) is 17.8. The maximum Gasteiger partial charge on any atom is 0.419 e. The number of amides is 2. The Morgan fingerprint density at radius 3 is 2.11 bits per heavy atom. The van der Waals surface area contributed by atoms with Crippen molar-refractivity contribution in [3.63, 3.8) is 0 Å². The normalized spacial score (nSPS) is 12.3. The second kappa shape index (κ2) is 9.40. The highest BCUT2D eigenvalue weighted by Gasteiger charge is 2.30. The summed E-state index contributed by atoms with van der Waals surface area (Å²) in [5.41, 5.74) is -0.433. The number of imide groups is 1. The van der Waals surface area contributed by atoms with Crippen LogP contribution in [0, 0.1) is 11.3 Å². The molecule has 1 aromatic rings. The number of rotatable bonds is 5. The van der Waals surface area contributed by atoms with Crippen LogP contribution in [0.5, 0.6) is 0 Å². The number of nitrogens with zero attached hydrogens (tertiary/aromatic N) is 4. The average molecular weight is 390 g/mol. The predicted molar refractivity (Wildman–Crippen MR) is 105 cm³/mol. The molecule has 1 rings (SSSR count). The largest absolute Gasteiger partial charge is 0.443 e. The molecule has 0 radical (unpaired) electrons. The zero-order chi connectivity index (χ0) is 21.5. The van der Waals surface area contributed by atoms with Gasteiger partial charge in [-0.25, -0.2) is 19.5 Å². The Labute approximate surface area is 166 Å². The lowest BCUT2D eigenvalue weighted by Crippen LogP contribution is -2.44. The summed E-state index contributed by atoms with van der Waals surface area (Å²) in [4.78, 5) is 29.9. The molecule has 0 aliphatic carbocycles. The van der Waals surface area contributed by atoms with E-state index in [1.165, 1.54) is 0 Å². The zero-order valence-corrected chi connectivity index (χ0v) is 17.8. The van der Waals surface area contributed by atoms with Gasteiger partial charge in [-0.15, -0.1) is 0 Å². The first-order valence-electron chi connectivity index (χ1n) is 9.14. The lowest BCUT2D eigenvalue weighted by molar-refractivity contribution is 0.00134. The van der Waals surface area contributed by atoms with E-state index in [9.17, 15) is 14.9 Å². The molecule has 0 atom stereocenters. The van der Waals surface area contributed by atoms with Gasteiger partial charge in [-0.2, -0.15) is 5.26 Å². The monoisotopic (exact) mass is 390 g/mol. The van der Waals surface area contributed by atoms with Crippen molar-refractivity contribution in [2.75, 3.05) is 6.54 Å². The van der Waals surface area contributed by atoms with Crippen LogP contribution in [-0.2, 0) is 16.5 Å². The number of ether oxygens (including phenoxy) is 2. The van der Waals surface area contributed by atoms with E-state index in [1.807, 2.05) is 7.05 Å². The average Bonchev–Trinajstić information content (AvgIpc) is 2.93. The summed E-state index contributed by atoms with van der Waals surface area (Å²) < 4.78 is 12.4. The van der Waals surface area contributed by atoms with Crippen molar-refractivity contribution in [3.8, 4) is 6.07 Å². The number of nitriles is 1. The van der Waals surface area contributed by atoms with Crippen LogP contribution >= 0.6 is 0 Å². The van der Waals surface area contributed by atoms with Crippen molar-refractivity contribution in [1.29, 1.82) is 5.26 Å². The van der Waals surface area contributed by atoms with Gasteiger partial charge in [0.25, 0.3) is 0 Å². The Kier molecular flexibility index (Phi) is 7.79. The Hall–Kier alpha value is -2.82. The number of allylic oxidation sites excluding steroid dienone is 2. The first kappa shape index (κ1) is 23.2.